The molecule has 11 heteroatoms. The molecule has 8 nitrogen and oxygen atoms in total. The molecule has 3 aromatic heterocycles. The Hall–Kier alpha value is -2.69. The monoisotopic (exact) mass is 380 g/mol. The van der Waals surface area contributed by atoms with Gasteiger partial charge in [0.25, 0.3) is 0 Å². The summed E-state index contributed by atoms with van der Waals surface area (Å²) in [6.45, 7) is 4.40. The molecule has 1 fully saturated rings. The number of H-pyrrole nitrogens is 2. The molecule has 1 saturated heterocycles. The summed E-state index contributed by atoms with van der Waals surface area (Å²) in [5, 5.41) is 12.1. The molecule has 0 saturated carbocycles. The average Bonchev–Trinajstić information content (AvgIpc) is 3.28. The van der Waals surface area contributed by atoms with E-state index in [0.29, 0.717) is 12.4 Å². The molecule has 0 radical (unpaired) electrons. The quantitative estimate of drug-likeness (QED) is 0.643. The van der Waals surface area contributed by atoms with Crippen molar-refractivity contribution in [3.63, 3.8) is 0 Å². The first-order chi connectivity index (χ1) is 12.8. The number of halogens is 3. The Kier molecular flexibility index (Phi) is 4.06. The van der Waals surface area contributed by atoms with Gasteiger partial charge in [-0.3, -0.25) is 10.2 Å². The second-order valence-corrected chi connectivity index (χ2v) is 7.16. The summed E-state index contributed by atoms with van der Waals surface area (Å²) >= 11 is 0. The number of alkyl halides is 3. The van der Waals surface area contributed by atoms with Gasteiger partial charge in [-0.15, -0.1) is 0 Å². The molecule has 0 amide bonds. The number of hydrogen-bond acceptors (Lipinski definition) is 6. The van der Waals surface area contributed by atoms with Crippen LogP contribution in [0.2, 0.25) is 0 Å². The van der Waals surface area contributed by atoms with Crippen molar-refractivity contribution in [1.29, 1.82) is 0 Å². The van der Waals surface area contributed by atoms with Gasteiger partial charge < -0.3 is 10.6 Å². The van der Waals surface area contributed by atoms with Crippen molar-refractivity contribution in [3.8, 4) is 11.3 Å². The lowest BCUT2D eigenvalue weighted by atomic mass is 9.80. The maximum absolute atomic E-state index is 13.1. The van der Waals surface area contributed by atoms with Crippen LogP contribution < -0.4 is 10.6 Å². The summed E-state index contributed by atoms with van der Waals surface area (Å²) < 4.78 is 39.3. The summed E-state index contributed by atoms with van der Waals surface area (Å²) in [5.74, 6) is 0.655. The van der Waals surface area contributed by atoms with Crippen molar-refractivity contribution >= 4 is 17.0 Å². The fourth-order valence-corrected chi connectivity index (χ4v) is 3.30. The maximum Gasteiger partial charge on any atom is 0.433 e. The third kappa shape index (κ3) is 3.11. The van der Waals surface area contributed by atoms with Crippen LogP contribution in [-0.2, 0) is 6.18 Å². The molecule has 4 N–H and O–H groups in total. The number of nitrogens with zero attached hydrogens (tertiary/aromatic N) is 5. The summed E-state index contributed by atoms with van der Waals surface area (Å²) in [5.41, 5.74) is 5.56. The number of anilines is 1. The van der Waals surface area contributed by atoms with Crippen LogP contribution in [0.3, 0.4) is 0 Å². The van der Waals surface area contributed by atoms with Gasteiger partial charge >= 0.3 is 6.18 Å². The number of fused-ring (bicyclic) bond motifs is 1. The minimum absolute atomic E-state index is 0.128. The van der Waals surface area contributed by atoms with E-state index in [1.807, 2.05) is 5.10 Å². The van der Waals surface area contributed by atoms with Crippen LogP contribution in [0.15, 0.2) is 12.4 Å². The van der Waals surface area contributed by atoms with Gasteiger partial charge in [0.1, 0.15) is 17.0 Å². The molecule has 0 bridgehead atoms. The summed E-state index contributed by atoms with van der Waals surface area (Å²) in [4.78, 5) is 10.9. The zero-order valence-corrected chi connectivity index (χ0v) is 14.6. The Morgan fingerprint density at radius 3 is 2.63 bits per heavy atom. The second-order valence-electron chi connectivity index (χ2n) is 7.16. The van der Waals surface area contributed by atoms with E-state index in [2.05, 4.69) is 37.1 Å². The Bertz CT molecular complexity index is 952. The number of nitrogens with two attached hydrogens (primary N) is 1. The lowest BCUT2D eigenvalue weighted by molar-refractivity contribution is -0.140. The Morgan fingerprint density at radius 2 is 1.96 bits per heavy atom. The summed E-state index contributed by atoms with van der Waals surface area (Å²) in [6.07, 6.45) is 0.00152. The van der Waals surface area contributed by atoms with Crippen LogP contribution in [0.5, 0.6) is 0 Å². The highest BCUT2D eigenvalue weighted by Crippen LogP contribution is 2.37. The van der Waals surface area contributed by atoms with Crippen molar-refractivity contribution in [2.24, 2.45) is 11.1 Å². The molecule has 3 aromatic rings. The van der Waals surface area contributed by atoms with Crippen molar-refractivity contribution in [3.05, 3.63) is 18.1 Å². The third-order valence-electron chi connectivity index (χ3n) is 5.23. The van der Waals surface area contributed by atoms with E-state index in [0.717, 1.165) is 32.1 Å². The molecular weight excluding hydrogens is 361 g/mol. The first-order valence-electron chi connectivity index (χ1n) is 8.58. The molecule has 1 aliphatic rings. The second kappa shape index (κ2) is 6.19. The molecular formula is C16H19F3N8. The lowest BCUT2D eigenvalue weighted by Gasteiger charge is -2.39. The zero-order chi connectivity index (χ0) is 19.2. The fraction of sp³-hybridized carbons (Fsp3) is 0.500. The van der Waals surface area contributed by atoms with Crippen molar-refractivity contribution < 1.29 is 13.2 Å². The maximum atomic E-state index is 13.1. The molecule has 144 valence electrons. The predicted octanol–water partition coefficient (Wildman–Crippen LogP) is 2.33. The molecule has 1 aliphatic heterocycles. The largest absolute Gasteiger partial charge is 0.433 e. The van der Waals surface area contributed by atoms with Crippen LogP contribution in [0, 0.1) is 5.41 Å². The lowest BCUT2D eigenvalue weighted by Crippen LogP contribution is -2.42. The summed E-state index contributed by atoms with van der Waals surface area (Å²) in [7, 11) is 0. The predicted molar refractivity (Wildman–Crippen MR) is 92.9 cm³/mol. The number of nitrogens with one attached hydrogen (secondary N) is 2. The normalized spacial score (nSPS) is 17.6. The minimum Gasteiger partial charge on any atom is -0.355 e. The molecule has 0 aromatic carbocycles. The van der Waals surface area contributed by atoms with Gasteiger partial charge in [0.2, 0.25) is 5.65 Å². The number of hydrogen-bond donors (Lipinski definition) is 3. The first kappa shape index (κ1) is 17.7. The Labute approximate surface area is 152 Å². The van der Waals surface area contributed by atoms with Crippen LogP contribution in [0.4, 0.5) is 19.0 Å². The molecule has 27 heavy (non-hydrogen) atoms. The van der Waals surface area contributed by atoms with E-state index in [1.54, 1.807) is 6.20 Å². The van der Waals surface area contributed by atoms with Crippen molar-refractivity contribution in [1.82, 2.24) is 30.4 Å². The van der Waals surface area contributed by atoms with E-state index in [4.69, 9.17) is 5.73 Å². The highest BCUT2D eigenvalue weighted by Gasteiger charge is 2.37. The van der Waals surface area contributed by atoms with Crippen LogP contribution in [-0.4, -0.2) is 50.0 Å². The number of aromatic amines is 2. The smallest absolute Gasteiger partial charge is 0.355 e. The molecule has 4 heterocycles. The van der Waals surface area contributed by atoms with Crippen LogP contribution >= 0.6 is 0 Å². The summed E-state index contributed by atoms with van der Waals surface area (Å²) in [6, 6.07) is 0. The van der Waals surface area contributed by atoms with E-state index in [-0.39, 0.29) is 27.8 Å². The van der Waals surface area contributed by atoms with Crippen molar-refractivity contribution in [2.45, 2.75) is 25.9 Å². The van der Waals surface area contributed by atoms with Gasteiger partial charge in [0.05, 0.1) is 23.7 Å². The number of piperidine rings is 1. The zero-order valence-electron chi connectivity index (χ0n) is 14.6. The highest BCUT2D eigenvalue weighted by atomic mass is 19.4. The van der Waals surface area contributed by atoms with Gasteiger partial charge in [0.15, 0.2) is 0 Å². The van der Waals surface area contributed by atoms with Gasteiger partial charge in [-0.25, -0.2) is 9.97 Å². The van der Waals surface area contributed by atoms with Gasteiger partial charge in [-0.05, 0) is 24.8 Å². The fourth-order valence-electron chi connectivity index (χ4n) is 3.30. The molecule has 4 rings (SSSR count). The van der Waals surface area contributed by atoms with E-state index < -0.39 is 11.9 Å². The molecule has 0 spiro atoms. The van der Waals surface area contributed by atoms with Crippen LogP contribution in [0.1, 0.15) is 25.5 Å². The van der Waals surface area contributed by atoms with E-state index in [1.165, 1.54) is 0 Å². The third-order valence-corrected chi connectivity index (χ3v) is 5.23. The van der Waals surface area contributed by atoms with Crippen molar-refractivity contribution in [2.75, 3.05) is 24.5 Å². The van der Waals surface area contributed by atoms with E-state index >= 15 is 0 Å². The molecule has 0 atom stereocenters. The molecule has 0 aliphatic carbocycles. The highest BCUT2D eigenvalue weighted by molar-refractivity contribution is 5.88. The number of rotatable bonds is 3. The average molecular weight is 380 g/mol. The Balaban J connectivity index is 1.65. The number of aromatic nitrogens is 6. The van der Waals surface area contributed by atoms with Gasteiger partial charge in [-0.1, -0.05) is 6.92 Å². The van der Waals surface area contributed by atoms with Crippen LogP contribution in [0.25, 0.3) is 22.4 Å². The minimum atomic E-state index is -4.56. The SMILES string of the molecule is CC1(CN)CCN(c2cnc3c(-c4cn[nH]c4C(F)(F)F)[nH]nc3n2)CC1. The Morgan fingerprint density at radius 1 is 1.22 bits per heavy atom. The van der Waals surface area contributed by atoms with E-state index in [9.17, 15) is 13.2 Å². The van der Waals surface area contributed by atoms with Gasteiger partial charge in [0, 0.05) is 13.1 Å². The standard InChI is InChI=1S/C16H19F3N8/c1-15(8-20)2-4-27(5-3-15)10-7-21-12-11(24-26-14(12)23-10)9-6-22-25-13(9)16(17,18)19/h6-7H,2-5,8,20H2,1H3,(H,22,25)(H,23,24,26). The first-order valence-corrected chi connectivity index (χ1v) is 8.58. The van der Waals surface area contributed by atoms with Gasteiger partial charge in [-0.2, -0.15) is 23.4 Å². The molecule has 0 unspecified atom stereocenters. The topological polar surface area (TPSA) is 112 Å².